The molecule has 1 heterocycles. The number of nitrogens with two attached hydrogens (primary N) is 1. The average Bonchev–Trinajstić information content (AvgIpc) is 2.79. The van der Waals surface area contributed by atoms with E-state index in [9.17, 15) is 4.79 Å². The van der Waals surface area contributed by atoms with Crippen LogP contribution in [-0.2, 0) is 12.8 Å². The summed E-state index contributed by atoms with van der Waals surface area (Å²) in [6, 6.07) is 23.4. The van der Waals surface area contributed by atoms with Gasteiger partial charge in [-0.25, -0.2) is 0 Å². The van der Waals surface area contributed by atoms with Crippen LogP contribution in [0, 0.1) is 0 Å². The largest absolute Gasteiger partial charge is 0.399 e. The van der Waals surface area contributed by atoms with Crippen LogP contribution in [0.2, 0.25) is 0 Å². The predicted octanol–water partition coefficient (Wildman–Crippen LogP) is 4.35. The number of anilines is 3. The molecule has 1 aliphatic rings. The van der Waals surface area contributed by atoms with Crippen LogP contribution in [0.1, 0.15) is 21.5 Å². The third-order valence-electron chi connectivity index (χ3n) is 4.49. The molecule has 0 radical (unpaired) electrons. The van der Waals surface area contributed by atoms with E-state index in [-0.39, 0.29) is 5.91 Å². The summed E-state index contributed by atoms with van der Waals surface area (Å²) in [7, 11) is 0. The van der Waals surface area contributed by atoms with Crippen LogP contribution < -0.4 is 10.6 Å². The molecular weight excluding hydrogens is 296 g/mol. The minimum Gasteiger partial charge on any atom is -0.399 e. The molecule has 3 aromatic rings. The maximum absolute atomic E-state index is 13.3. The number of benzene rings is 3. The highest BCUT2D eigenvalue weighted by molar-refractivity contribution is 6.12. The number of hydrogen-bond donors (Lipinski definition) is 1. The maximum atomic E-state index is 13.3. The molecule has 0 fully saturated rings. The smallest absolute Gasteiger partial charge is 0.262 e. The summed E-state index contributed by atoms with van der Waals surface area (Å²) in [5, 5.41) is 0. The van der Waals surface area contributed by atoms with E-state index in [4.69, 9.17) is 5.73 Å². The first kappa shape index (κ1) is 14.5. The first-order chi connectivity index (χ1) is 11.7. The van der Waals surface area contributed by atoms with Crippen LogP contribution >= 0.6 is 0 Å². The molecule has 118 valence electrons. The lowest BCUT2D eigenvalue weighted by Gasteiger charge is -2.25. The van der Waals surface area contributed by atoms with Crippen LogP contribution in [0.5, 0.6) is 0 Å². The molecule has 0 saturated carbocycles. The molecule has 24 heavy (non-hydrogen) atoms. The Morgan fingerprint density at radius 2 is 1.25 bits per heavy atom. The molecule has 0 spiro atoms. The fourth-order valence-corrected chi connectivity index (χ4v) is 3.25. The van der Waals surface area contributed by atoms with Gasteiger partial charge >= 0.3 is 0 Å². The lowest BCUT2D eigenvalue weighted by atomic mass is 10.0. The van der Waals surface area contributed by atoms with E-state index < -0.39 is 0 Å². The summed E-state index contributed by atoms with van der Waals surface area (Å²) in [6.07, 6.45) is 1.86. The van der Waals surface area contributed by atoms with E-state index in [1.165, 1.54) is 11.1 Å². The van der Waals surface area contributed by atoms with Gasteiger partial charge in [-0.05, 0) is 60.4 Å². The first-order valence-electron chi connectivity index (χ1n) is 8.10. The molecule has 0 aromatic heterocycles. The van der Waals surface area contributed by atoms with Crippen molar-refractivity contribution in [2.45, 2.75) is 12.8 Å². The monoisotopic (exact) mass is 314 g/mol. The second-order valence-electron chi connectivity index (χ2n) is 6.02. The standard InChI is InChI=1S/C21H18N2O/c22-18-13-11-17(12-14-18)21(24)23-19-7-3-1-5-15(19)9-10-16-6-2-4-8-20(16)23/h1-8,11-14H,9-10,22H2. The number of nitrogen functional groups attached to an aromatic ring is 1. The minimum atomic E-state index is -0.0307. The van der Waals surface area contributed by atoms with Gasteiger partial charge in [0.1, 0.15) is 0 Å². The van der Waals surface area contributed by atoms with Gasteiger partial charge in [0.25, 0.3) is 5.91 Å². The Bertz CT molecular complexity index is 852. The van der Waals surface area contributed by atoms with E-state index in [1.807, 2.05) is 41.3 Å². The molecule has 0 atom stereocenters. The van der Waals surface area contributed by atoms with E-state index in [0.717, 1.165) is 24.2 Å². The van der Waals surface area contributed by atoms with Crippen molar-refractivity contribution in [1.29, 1.82) is 0 Å². The Balaban J connectivity index is 1.89. The predicted molar refractivity (Wildman–Crippen MR) is 97.6 cm³/mol. The topological polar surface area (TPSA) is 46.3 Å². The van der Waals surface area contributed by atoms with Gasteiger partial charge in [-0.2, -0.15) is 0 Å². The van der Waals surface area contributed by atoms with Crippen LogP contribution in [0.3, 0.4) is 0 Å². The van der Waals surface area contributed by atoms with Crippen molar-refractivity contribution in [2.24, 2.45) is 0 Å². The highest BCUT2D eigenvalue weighted by Crippen LogP contribution is 2.37. The Labute approximate surface area is 141 Å². The fraction of sp³-hybridized carbons (Fsp3) is 0.0952. The van der Waals surface area contributed by atoms with Crippen LogP contribution in [0.4, 0.5) is 17.1 Å². The fourth-order valence-electron chi connectivity index (χ4n) is 3.25. The second kappa shape index (κ2) is 5.85. The molecule has 1 amide bonds. The number of para-hydroxylation sites is 2. The molecule has 3 heteroatoms. The Morgan fingerprint density at radius 3 is 1.79 bits per heavy atom. The molecule has 0 bridgehead atoms. The SMILES string of the molecule is Nc1ccc(C(=O)N2c3ccccc3CCc3ccccc32)cc1. The summed E-state index contributed by atoms with van der Waals surface area (Å²) in [5.74, 6) is -0.0307. The lowest BCUT2D eigenvalue weighted by molar-refractivity contribution is 0.0999. The number of rotatable bonds is 1. The van der Waals surface area contributed by atoms with E-state index in [2.05, 4.69) is 12.1 Å². The summed E-state index contributed by atoms with van der Waals surface area (Å²) in [6.45, 7) is 0. The van der Waals surface area contributed by atoms with Crippen molar-refractivity contribution in [2.75, 3.05) is 10.6 Å². The Kier molecular flexibility index (Phi) is 3.54. The Hall–Kier alpha value is -3.07. The van der Waals surface area contributed by atoms with Crippen molar-refractivity contribution < 1.29 is 4.79 Å². The first-order valence-corrected chi connectivity index (χ1v) is 8.10. The number of carbonyl (C=O) groups is 1. The second-order valence-corrected chi connectivity index (χ2v) is 6.02. The molecule has 0 saturated heterocycles. The zero-order valence-electron chi connectivity index (χ0n) is 13.3. The Morgan fingerprint density at radius 1 is 0.750 bits per heavy atom. The number of carbonyl (C=O) groups excluding carboxylic acids is 1. The molecule has 1 aliphatic heterocycles. The number of nitrogens with zero attached hydrogens (tertiary/aromatic N) is 1. The third-order valence-corrected chi connectivity index (χ3v) is 4.49. The van der Waals surface area contributed by atoms with Crippen LogP contribution in [0.15, 0.2) is 72.8 Å². The van der Waals surface area contributed by atoms with Gasteiger partial charge in [0.05, 0.1) is 11.4 Å². The normalized spacial score (nSPS) is 12.9. The lowest BCUT2D eigenvalue weighted by Crippen LogP contribution is -2.26. The highest BCUT2D eigenvalue weighted by Gasteiger charge is 2.26. The maximum Gasteiger partial charge on any atom is 0.262 e. The van der Waals surface area contributed by atoms with Gasteiger partial charge in [-0.15, -0.1) is 0 Å². The van der Waals surface area contributed by atoms with Gasteiger partial charge < -0.3 is 5.73 Å². The molecule has 3 nitrogen and oxygen atoms in total. The molecule has 4 rings (SSSR count). The van der Waals surface area contributed by atoms with Crippen molar-refractivity contribution in [1.82, 2.24) is 0 Å². The molecule has 0 unspecified atom stereocenters. The summed E-state index contributed by atoms with van der Waals surface area (Å²) in [5.41, 5.74) is 11.4. The van der Waals surface area contributed by atoms with E-state index in [0.29, 0.717) is 11.3 Å². The van der Waals surface area contributed by atoms with Crippen LogP contribution in [-0.4, -0.2) is 5.91 Å². The van der Waals surface area contributed by atoms with E-state index >= 15 is 0 Å². The third kappa shape index (κ3) is 2.44. The van der Waals surface area contributed by atoms with Gasteiger partial charge in [0.2, 0.25) is 0 Å². The van der Waals surface area contributed by atoms with E-state index in [1.54, 1.807) is 24.3 Å². The van der Waals surface area contributed by atoms with Gasteiger partial charge in [0.15, 0.2) is 0 Å². The van der Waals surface area contributed by atoms with Gasteiger partial charge in [-0.3, -0.25) is 9.69 Å². The molecular formula is C21H18N2O. The van der Waals surface area contributed by atoms with Crippen molar-refractivity contribution in [3.05, 3.63) is 89.5 Å². The van der Waals surface area contributed by atoms with Crippen molar-refractivity contribution in [3.63, 3.8) is 0 Å². The number of hydrogen-bond acceptors (Lipinski definition) is 2. The molecule has 3 aromatic carbocycles. The van der Waals surface area contributed by atoms with Gasteiger partial charge in [0, 0.05) is 11.3 Å². The number of aryl methyl sites for hydroxylation is 2. The zero-order chi connectivity index (χ0) is 16.5. The van der Waals surface area contributed by atoms with Crippen molar-refractivity contribution >= 4 is 23.0 Å². The summed E-state index contributed by atoms with van der Waals surface area (Å²) in [4.78, 5) is 15.1. The highest BCUT2D eigenvalue weighted by atomic mass is 16.2. The number of amides is 1. The number of fused-ring (bicyclic) bond motifs is 2. The zero-order valence-corrected chi connectivity index (χ0v) is 13.3. The van der Waals surface area contributed by atoms with Crippen LogP contribution in [0.25, 0.3) is 0 Å². The molecule has 0 aliphatic carbocycles. The average molecular weight is 314 g/mol. The molecule has 2 N–H and O–H groups in total. The summed E-state index contributed by atoms with van der Waals surface area (Å²) >= 11 is 0. The van der Waals surface area contributed by atoms with Crippen molar-refractivity contribution in [3.8, 4) is 0 Å². The minimum absolute atomic E-state index is 0.0307. The summed E-state index contributed by atoms with van der Waals surface area (Å²) < 4.78 is 0. The quantitative estimate of drug-likeness (QED) is 0.679. The van der Waals surface area contributed by atoms with Gasteiger partial charge in [-0.1, -0.05) is 36.4 Å².